The molecule has 9 nitrogen and oxygen atoms in total. The lowest BCUT2D eigenvalue weighted by atomic mass is 10.0. The van der Waals surface area contributed by atoms with Gasteiger partial charge in [0.15, 0.2) is 6.10 Å². The Kier molecular flexibility index (Phi) is 75.3. The fraction of sp³-hybridized carbons (Fsp3) is 0.851. The minimum Gasteiger partial charge on any atom is -0.477 e. The van der Waals surface area contributed by atoms with Gasteiger partial charge in [0.05, 0.1) is 34.4 Å². The number of esters is 2. The van der Waals surface area contributed by atoms with Gasteiger partial charge < -0.3 is 28.5 Å². The van der Waals surface area contributed by atoms with Crippen LogP contribution in [-0.4, -0.2) is 87.4 Å². The molecule has 0 aromatic carbocycles. The highest BCUT2D eigenvalue weighted by molar-refractivity contribution is 5.71. The Morgan fingerprint density at radius 3 is 0.885 bits per heavy atom. The molecule has 0 radical (unpaired) electrons. The summed E-state index contributed by atoms with van der Waals surface area (Å²) in [4.78, 5) is 37.8. The van der Waals surface area contributed by atoms with Crippen LogP contribution in [0.5, 0.6) is 0 Å². The van der Waals surface area contributed by atoms with E-state index in [1.54, 1.807) is 0 Å². The fourth-order valence-corrected chi connectivity index (χ4v) is 12.7. The number of unbranched alkanes of at least 4 members (excludes halogenated alkanes) is 54. The molecule has 0 aliphatic rings. The highest BCUT2D eigenvalue weighted by Crippen LogP contribution is 2.20. The van der Waals surface area contributed by atoms with Crippen molar-refractivity contribution in [2.75, 3.05) is 47.5 Å². The van der Waals surface area contributed by atoms with Gasteiger partial charge >= 0.3 is 17.9 Å². The molecule has 0 rings (SSSR count). The van der Waals surface area contributed by atoms with Crippen molar-refractivity contribution in [1.82, 2.24) is 0 Å². The molecule has 2 atom stereocenters. The van der Waals surface area contributed by atoms with Crippen LogP contribution in [0.15, 0.2) is 60.8 Å². The van der Waals surface area contributed by atoms with Gasteiger partial charge in [0.25, 0.3) is 6.29 Å². The summed E-state index contributed by atoms with van der Waals surface area (Å²) < 4.78 is 23.1. The van der Waals surface area contributed by atoms with Crippen LogP contribution >= 0.6 is 0 Å². The van der Waals surface area contributed by atoms with Crippen LogP contribution in [0.2, 0.25) is 0 Å². The number of allylic oxidation sites excluding steroid dienone is 10. The van der Waals surface area contributed by atoms with Gasteiger partial charge in [-0.15, -0.1) is 0 Å². The van der Waals surface area contributed by atoms with Crippen LogP contribution in [0.4, 0.5) is 0 Å². The van der Waals surface area contributed by atoms with E-state index in [2.05, 4.69) is 74.6 Å². The molecule has 1 N–H and O–H groups in total. The smallest absolute Gasteiger partial charge is 0.361 e. The number of rotatable bonds is 79. The third-order valence-electron chi connectivity index (χ3n) is 19.0. The third kappa shape index (κ3) is 78.3. The van der Waals surface area contributed by atoms with Gasteiger partial charge in [-0.2, -0.15) is 0 Å². The number of likely N-dealkylation sites (N-methyl/N-ethyl adjacent to an activating group) is 1. The molecule has 0 aromatic heterocycles. The summed E-state index contributed by atoms with van der Waals surface area (Å²) in [6.07, 6.45) is 101. The zero-order chi connectivity index (χ0) is 69.7. The Balaban J connectivity index is 3.93. The molecule has 0 aliphatic carbocycles. The van der Waals surface area contributed by atoms with E-state index in [0.29, 0.717) is 17.4 Å². The summed E-state index contributed by atoms with van der Waals surface area (Å²) in [5, 5.41) is 9.78. The number of carboxylic acids is 1. The summed E-state index contributed by atoms with van der Waals surface area (Å²) in [6.45, 7) is 4.85. The number of aliphatic carboxylic acids is 1. The standard InChI is InChI=1S/C87H161NO8/c1-6-8-10-12-14-16-18-20-22-24-26-28-30-32-34-36-38-39-40-41-42-43-44-45-46-47-48-50-52-54-56-58-60-62-64-66-68-70-72-74-76-78-85(90)96-83(82-95-87(86(91)92)93-80-79-88(3,4)5)81-94-84(89)77-75-73-71-69-67-65-63-61-59-57-55-53-51-49-37-35-33-31-29-27-25-23-21-19-17-15-13-11-9-7-2/h8,10,14,16,20,22,26,28,32,34,83,87H,6-7,9,11-13,15,17-19,21,23-25,27,29-31,33,35-82H2,1-5H3/p+1/b10-8-,16-14-,22-20-,28-26-,34-32-. The number of nitrogens with zero attached hydrogens (tertiary/aromatic N) is 1. The first-order valence-electron chi connectivity index (χ1n) is 42.0. The molecule has 2 unspecified atom stereocenters. The van der Waals surface area contributed by atoms with Crippen molar-refractivity contribution in [2.45, 2.75) is 431 Å². The topological polar surface area (TPSA) is 108 Å². The van der Waals surface area contributed by atoms with Crippen molar-refractivity contribution in [3.63, 3.8) is 0 Å². The molecule has 0 aliphatic heterocycles. The predicted molar refractivity (Wildman–Crippen MR) is 415 cm³/mol. The summed E-state index contributed by atoms with van der Waals surface area (Å²) in [5.74, 6) is -1.97. The van der Waals surface area contributed by atoms with Crippen LogP contribution in [0, 0.1) is 0 Å². The average Bonchev–Trinajstić information content (AvgIpc) is 2.59. The maximum atomic E-state index is 13.0. The van der Waals surface area contributed by atoms with Gasteiger partial charge in [-0.1, -0.05) is 408 Å². The Labute approximate surface area is 596 Å². The van der Waals surface area contributed by atoms with Crippen molar-refractivity contribution in [3.05, 3.63) is 60.8 Å². The van der Waals surface area contributed by atoms with Gasteiger partial charge in [-0.05, 0) is 57.8 Å². The van der Waals surface area contributed by atoms with E-state index in [4.69, 9.17) is 18.9 Å². The van der Waals surface area contributed by atoms with Crippen molar-refractivity contribution < 1.29 is 42.9 Å². The molecule has 0 spiro atoms. The second kappa shape index (κ2) is 77.7. The SMILES string of the molecule is CC/C=C\C/C=C\C/C=C\C/C=C\C/C=C\CCCCCCCCCCCCCCCCCCCCCCCCCCCC(=O)OC(COC(=O)CCCCCCCCCCCCCCCCCCCCCCCCCCCCCCCC)COC(OCC[N+](C)(C)C)C(=O)O. The maximum absolute atomic E-state index is 13.0. The molecule has 0 amide bonds. The van der Waals surface area contributed by atoms with Crippen LogP contribution in [0.25, 0.3) is 0 Å². The van der Waals surface area contributed by atoms with E-state index in [-0.39, 0.29) is 38.2 Å². The number of ether oxygens (including phenoxy) is 4. The Bertz CT molecular complexity index is 1760. The number of hydrogen-bond acceptors (Lipinski definition) is 7. The molecule has 0 saturated carbocycles. The molecule has 9 heteroatoms. The van der Waals surface area contributed by atoms with Gasteiger partial charge in [0.2, 0.25) is 0 Å². The second-order valence-corrected chi connectivity index (χ2v) is 29.8. The van der Waals surface area contributed by atoms with Gasteiger partial charge in [-0.25, -0.2) is 4.79 Å². The Morgan fingerprint density at radius 2 is 0.594 bits per heavy atom. The van der Waals surface area contributed by atoms with E-state index in [1.165, 1.54) is 321 Å². The molecule has 0 aromatic rings. The minimum absolute atomic E-state index is 0.175. The van der Waals surface area contributed by atoms with E-state index >= 15 is 0 Å². The normalized spacial score (nSPS) is 12.9. The summed E-state index contributed by atoms with van der Waals surface area (Å²) >= 11 is 0. The van der Waals surface area contributed by atoms with Crippen LogP contribution in [-0.2, 0) is 33.3 Å². The third-order valence-corrected chi connectivity index (χ3v) is 19.0. The van der Waals surface area contributed by atoms with E-state index < -0.39 is 18.4 Å². The molecule has 0 fully saturated rings. The number of quaternary nitrogens is 1. The van der Waals surface area contributed by atoms with E-state index in [9.17, 15) is 19.5 Å². The van der Waals surface area contributed by atoms with E-state index in [1.807, 2.05) is 21.1 Å². The number of carbonyl (C=O) groups excluding carboxylic acids is 2. The lowest BCUT2D eigenvalue weighted by Crippen LogP contribution is -2.40. The molecule has 0 bridgehead atoms. The molecule has 562 valence electrons. The van der Waals surface area contributed by atoms with Crippen LogP contribution in [0.3, 0.4) is 0 Å². The van der Waals surface area contributed by atoms with Crippen molar-refractivity contribution >= 4 is 17.9 Å². The molecule has 0 heterocycles. The van der Waals surface area contributed by atoms with Gasteiger partial charge in [0, 0.05) is 12.8 Å². The minimum atomic E-state index is -1.51. The first-order valence-corrected chi connectivity index (χ1v) is 42.0. The van der Waals surface area contributed by atoms with Gasteiger partial charge in [0.1, 0.15) is 13.2 Å². The highest BCUT2D eigenvalue weighted by atomic mass is 16.7. The predicted octanol–water partition coefficient (Wildman–Crippen LogP) is 27.0. The summed E-state index contributed by atoms with van der Waals surface area (Å²) in [7, 11) is 6.00. The monoisotopic (exact) mass is 1350 g/mol. The molecule has 0 saturated heterocycles. The quantitative estimate of drug-likeness (QED) is 0.0211. The zero-order valence-electron chi connectivity index (χ0n) is 64.6. The Morgan fingerprint density at radius 1 is 0.323 bits per heavy atom. The van der Waals surface area contributed by atoms with Crippen LogP contribution < -0.4 is 0 Å². The molecular weight excluding hydrogens is 1190 g/mol. The van der Waals surface area contributed by atoms with Crippen LogP contribution in [0.1, 0.15) is 418 Å². The zero-order valence-corrected chi connectivity index (χ0v) is 64.6. The van der Waals surface area contributed by atoms with E-state index in [0.717, 1.165) is 70.6 Å². The lowest BCUT2D eigenvalue weighted by Gasteiger charge is -2.25. The molecular formula is C87H162NO8+. The number of carbonyl (C=O) groups is 3. The Hall–Kier alpha value is -3.01. The number of carboxylic acid groups (broad SMARTS) is 1. The first-order chi connectivity index (χ1) is 47.1. The highest BCUT2D eigenvalue weighted by Gasteiger charge is 2.25. The summed E-state index contributed by atoms with van der Waals surface area (Å²) in [6, 6.07) is 0. The first kappa shape index (κ1) is 93.0. The van der Waals surface area contributed by atoms with Crippen molar-refractivity contribution in [2.24, 2.45) is 0 Å². The van der Waals surface area contributed by atoms with Gasteiger partial charge in [-0.3, -0.25) is 9.59 Å². The lowest BCUT2D eigenvalue weighted by molar-refractivity contribution is -0.870. The molecule has 96 heavy (non-hydrogen) atoms. The largest absolute Gasteiger partial charge is 0.477 e. The fourth-order valence-electron chi connectivity index (χ4n) is 12.7. The second-order valence-electron chi connectivity index (χ2n) is 29.8. The number of hydrogen-bond donors (Lipinski definition) is 1. The summed E-state index contributed by atoms with van der Waals surface area (Å²) in [5.41, 5.74) is 0. The maximum Gasteiger partial charge on any atom is 0.361 e. The van der Waals surface area contributed by atoms with Crippen molar-refractivity contribution in [1.29, 1.82) is 0 Å². The van der Waals surface area contributed by atoms with Crippen molar-refractivity contribution in [3.8, 4) is 0 Å². The average molecular weight is 1350 g/mol.